The van der Waals surface area contributed by atoms with E-state index in [-0.39, 0.29) is 16.7 Å². The molecular weight excluding hydrogens is 207 g/mol. The van der Waals surface area contributed by atoms with Crippen LogP contribution in [0, 0.1) is 5.95 Å². The SMILES string of the molecule is O=c1c(CCl)c[nH]c2cnc(F)cc12. The second kappa shape index (κ2) is 3.38. The Bertz CT molecular complexity index is 538. The van der Waals surface area contributed by atoms with Gasteiger partial charge in [0.2, 0.25) is 5.95 Å². The molecule has 0 fully saturated rings. The number of H-pyrrole nitrogens is 1. The first kappa shape index (κ1) is 9.15. The maximum absolute atomic E-state index is 12.8. The fraction of sp³-hybridized carbons (Fsp3) is 0.111. The van der Waals surface area contributed by atoms with Gasteiger partial charge < -0.3 is 4.98 Å². The monoisotopic (exact) mass is 212 g/mol. The summed E-state index contributed by atoms with van der Waals surface area (Å²) in [5.74, 6) is -0.565. The van der Waals surface area contributed by atoms with Crippen LogP contribution in [-0.4, -0.2) is 9.97 Å². The van der Waals surface area contributed by atoms with E-state index in [1.165, 1.54) is 12.4 Å². The Morgan fingerprint density at radius 1 is 1.57 bits per heavy atom. The first-order valence-corrected chi connectivity index (χ1v) is 4.47. The third kappa shape index (κ3) is 1.37. The van der Waals surface area contributed by atoms with E-state index in [9.17, 15) is 9.18 Å². The van der Waals surface area contributed by atoms with E-state index in [2.05, 4.69) is 9.97 Å². The van der Waals surface area contributed by atoms with Crippen LogP contribution < -0.4 is 5.43 Å². The minimum absolute atomic E-state index is 0.106. The molecule has 0 amide bonds. The van der Waals surface area contributed by atoms with Crippen LogP contribution in [0.5, 0.6) is 0 Å². The van der Waals surface area contributed by atoms with E-state index in [0.717, 1.165) is 6.07 Å². The molecule has 0 atom stereocenters. The van der Waals surface area contributed by atoms with Crippen LogP contribution in [0.15, 0.2) is 23.3 Å². The summed E-state index contributed by atoms with van der Waals surface area (Å²) >= 11 is 5.54. The maximum Gasteiger partial charge on any atom is 0.213 e. The highest BCUT2D eigenvalue weighted by Crippen LogP contribution is 2.08. The summed E-state index contributed by atoms with van der Waals surface area (Å²) < 4.78 is 12.8. The smallest absolute Gasteiger partial charge is 0.213 e. The van der Waals surface area contributed by atoms with Crippen LogP contribution >= 0.6 is 11.6 Å². The van der Waals surface area contributed by atoms with Crippen LogP contribution in [0.1, 0.15) is 5.56 Å². The van der Waals surface area contributed by atoms with E-state index >= 15 is 0 Å². The number of alkyl halides is 1. The molecule has 3 nitrogen and oxygen atoms in total. The van der Waals surface area contributed by atoms with Gasteiger partial charge in [-0.15, -0.1) is 11.6 Å². The van der Waals surface area contributed by atoms with Crippen molar-refractivity contribution < 1.29 is 4.39 Å². The minimum atomic E-state index is -0.672. The van der Waals surface area contributed by atoms with Crippen LogP contribution in [0.3, 0.4) is 0 Å². The van der Waals surface area contributed by atoms with Crippen LogP contribution in [-0.2, 0) is 5.88 Å². The van der Waals surface area contributed by atoms with Crippen molar-refractivity contribution in [2.45, 2.75) is 5.88 Å². The number of aromatic nitrogens is 2. The molecule has 2 heterocycles. The van der Waals surface area contributed by atoms with Crippen LogP contribution in [0.2, 0.25) is 0 Å². The van der Waals surface area contributed by atoms with Gasteiger partial charge >= 0.3 is 0 Å². The van der Waals surface area contributed by atoms with E-state index in [1.807, 2.05) is 0 Å². The fourth-order valence-electron chi connectivity index (χ4n) is 1.24. The van der Waals surface area contributed by atoms with E-state index < -0.39 is 5.95 Å². The van der Waals surface area contributed by atoms with Gasteiger partial charge in [0.05, 0.1) is 23.0 Å². The summed E-state index contributed by atoms with van der Waals surface area (Å²) in [4.78, 5) is 17.9. The quantitative estimate of drug-likeness (QED) is 0.579. The average Bonchev–Trinajstić information content (AvgIpc) is 2.20. The Hall–Kier alpha value is -1.42. The summed E-state index contributed by atoms with van der Waals surface area (Å²) in [5.41, 5.74) is 0.671. The third-order valence-corrected chi connectivity index (χ3v) is 2.24. The number of aromatic amines is 1. The standard InChI is InChI=1S/C9H6ClFN2O/c10-2-5-3-12-7-4-13-8(11)1-6(7)9(5)14/h1,3-4H,2H2,(H,12,14). The van der Waals surface area contributed by atoms with Crippen molar-refractivity contribution in [3.8, 4) is 0 Å². The zero-order valence-corrected chi connectivity index (χ0v) is 7.81. The Morgan fingerprint density at radius 2 is 2.36 bits per heavy atom. The first-order valence-electron chi connectivity index (χ1n) is 3.94. The number of rotatable bonds is 1. The topological polar surface area (TPSA) is 45.8 Å². The molecular formula is C9H6ClFN2O. The molecule has 5 heteroatoms. The van der Waals surface area contributed by atoms with Crippen molar-refractivity contribution in [1.82, 2.24) is 9.97 Å². The molecule has 0 saturated heterocycles. The van der Waals surface area contributed by atoms with Gasteiger partial charge in [0.1, 0.15) is 0 Å². The highest BCUT2D eigenvalue weighted by Gasteiger charge is 2.05. The molecule has 1 N–H and O–H groups in total. The van der Waals surface area contributed by atoms with Crippen molar-refractivity contribution in [1.29, 1.82) is 0 Å². The molecule has 0 bridgehead atoms. The van der Waals surface area contributed by atoms with Crippen LogP contribution in [0.4, 0.5) is 4.39 Å². The number of pyridine rings is 2. The second-order valence-corrected chi connectivity index (χ2v) is 3.10. The molecule has 0 spiro atoms. The molecule has 72 valence electrons. The van der Waals surface area contributed by atoms with Gasteiger partial charge in [-0.25, -0.2) is 4.98 Å². The lowest BCUT2D eigenvalue weighted by molar-refractivity contribution is 0.586. The molecule has 0 radical (unpaired) electrons. The molecule has 0 aliphatic carbocycles. The predicted molar refractivity (Wildman–Crippen MR) is 51.9 cm³/mol. The lowest BCUT2D eigenvalue weighted by Gasteiger charge is -1.99. The van der Waals surface area contributed by atoms with Gasteiger partial charge in [-0.1, -0.05) is 0 Å². The van der Waals surface area contributed by atoms with Gasteiger partial charge in [0.25, 0.3) is 0 Å². The highest BCUT2D eigenvalue weighted by molar-refractivity contribution is 6.17. The number of hydrogen-bond acceptors (Lipinski definition) is 2. The normalized spacial score (nSPS) is 10.7. The third-order valence-electron chi connectivity index (χ3n) is 1.95. The Kier molecular flexibility index (Phi) is 2.21. The van der Waals surface area contributed by atoms with Crippen LogP contribution in [0.25, 0.3) is 10.9 Å². The Balaban J connectivity index is 2.87. The lowest BCUT2D eigenvalue weighted by Crippen LogP contribution is -2.09. The number of halogens is 2. The molecule has 0 aromatic carbocycles. The summed E-state index contributed by atoms with van der Waals surface area (Å²) in [6.07, 6.45) is 2.79. The molecule has 0 unspecified atom stereocenters. The molecule has 2 aromatic rings. The zero-order valence-electron chi connectivity index (χ0n) is 7.05. The number of nitrogens with zero attached hydrogens (tertiary/aromatic N) is 1. The lowest BCUT2D eigenvalue weighted by atomic mass is 10.2. The Morgan fingerprint density at radius 3 is 3.07 bits per heavy atom. The van der Waals surface area contributed by atoms with Gasteiger partial charge in [-0.2, -0.15) is 4.39 Å². The van der Waals surface area contributed by atoms with Crippen molar-refractivity contribution in [2.24, 2.45) is 0 Å². The first-order chi connectivity index (χ1) is 6.72. The molecule has 2 aromatic heterocycles. The molecule has 2 rings (SSSR count). The average molecular weight is 213 g/mol. The summed E-state index contributed by atoms with van der Waals surface area (Å²) in [7, 11) is 0. The van der Waals surface area contributed by atoms with E-state index in [1.54, 1.807) is 0 Å². The molecule has 14 heavy (non-hydrogen) atoms. The van der Waals surface area contributed by atoms with Gasteiger partial charge in [-0.3, -0.25) is 4.79 Å². The minimum Gasteiger partial charge on any atom is -0.359 e. The van der Waals surface area contributed by atoms with Gasteiger partial charge in [0, 0.05) is 17.8 Å². The predicted octanol–water partition coefficient (Wildman–Crippen LogP) is 1.80. The Labute approximate surface area is 83.5 Å². The van der Waals surface area contributed by atoms with Gasteiger partial charge in [0.15, 0.2) is 5.43 Å². The van der Waals surface area contributed by atoms with Crippen molar-refractivity contribution >= 4 is 22.5 Å². The highest BCUT2D eigenvalue weighted by atomic mass is 35.5. The second-order valence-electron chi connectivity index (χ2n) is 2.83. The number of hydrogen-bond donors (Lipinski definition) is 1. The number of nitrogens with one attached hydrogen (secondary N) is 1. The fourth-order valence-corrected chi connectivity index (χ4v) is 1.43. The van der Waals surface area contributed by atoms with Crippen molar-refractivity contribution in [3.05, 3.63) is 40.2 Å². The van der Waals surface area contributed by atoms with Crippen molar-refractivity contribution in [3.63, 3.8) is 0 Å². The maximum atomic E-state index is 12.8. The zero-order chi connectivity index (χ0) is 10.1. The number of fused-ring (bicyclic) bond motifs is 1. The summed E-state index contributed by atoms with van der Waals surface area (Å²) in [6, 6.07) is 1.10. The molecule has 0 aliphatic rings. The van der Waals surface area contributed by atoms with Crippen molar-refractivity contribution in [2.75, 3.05) is 0 Å². The molecule has 0 saturated carbocycles. The summed E-state index contributed by atoms with van der Waals surface area (Å²) in [5, 5.41) is 0.274. The molecule has 0 aliphatic heterocycles. The van der Waals surface area contributed by atoms with E-state index in [0.29, 0.717) is 11.1 Å². The summed E-state index contributed by atoms with van der Waals surface area (Å²) in [6.45, 7) is 0. The van der Waals surface area contributed by atoms with E-state index in [4.69, 9.17) is 11.6 Å². The van der Waals surface area contributed by atoms with Gasteiger partial charge in [-0.05, 0) is 0 Å². The largest absolute Gasteiger partial charge is 0.359 e.